The molecule has 0 radical (unpaired) electrons. The molecule has 22 heavy (non-hydrogen) atoms. The second kappa shape index (κ2) is 6.19. The van der Waals surface area contributed by atoms with Crippen molar-refractivity contribution >= 4 is 22.1 Å². The van der Waals surface area contributed by atoms with E-state index in [1.807, 2.05) is 30.1 Å². The normalized spacial score (nSPS) is 27.9. The lowest BCUT2D eigenvalue weighted by molar-refractivity contribution is 0.149. The van der Waals surface area contributed by atoms with Gasteiger partial charge < -0.3 is 10.2 Å². The Morgan fingerprint density at radius 3 is 3.09 bits per heavy atom. The van der Waals surface area contributed by atoms with Crippen LogP contribution in [0, 0.1) is 11.3 Å². The summed E-state index contributed by atoms with van der Waals surface area (Å²) in [5.74, 6) is 0. The molecular formula is C16H18FN3OS. The van der Waals surface area contributed by atoms with Gasteiger partial charge in [0.15, 0.2) is 0 Å². The number of piperidine rings is 1. The van der Waals surface area contributed by atoms with Crippen molar-refractivity contribution in [3.63, 3.8) is 0 Å². The standard InChI is InChI=1S/C16H18FN3OS/c1-20-8-6-14(13(17)9-20)19-15-4-2-3-12-11(5-7-18)10-22(21)16(12)15/h2-4,10,13-14,19H,5-6,8-9H2,1H3/t13-,14-,22?/m1/s1. The first kappa shape index (κ1) is 15.2. The lowest BCUT2D eigenvalue weighted by atomic mass is 10.0. The summed E-state index contributed by atoms with van der Waals surface area (Å²) < 4.78 is 26.5. The zero-order valence-corrected chi connectivity index (χ0v) is 13.2. The molecule has 1 fully saturated rings. The Balaban J connectivity index is 1.86. The molecule has 3 rings (SSSR count). The predicted octanol–water partition coefficient (Wildman–Crippen LogP) is 2.52. The number of nitriles is 1. The van der Waals surface area contributed by atoms with Gasteiger partial charge in [0.1, 0.15) is 6.17 Å². The zero-order valence-electron chi connectivity index (χ0n) is 12.4. The third-order valence-corrected chi connectivity index (χ3v) is 5.51. The van der Waals surface area contributed by atoms with E-state index in [1.165, 1.54) is 0 Å². The molecule has 0 spiro atoms. The molecule has 2 heterocycles. The summed E-state index contributed by atoms with van der Waals surface area (Å²) in [5, 5.41) is 13.7. The maximum Gasteiger partial charge on any atom is 0.133 e. The summed E-state index contributed by atoms with van der Waals surface area (Å²) in [4.78, 5) is 2.65. The van der Waals surface area contributed by atoms with Gasteiger partial charge in [-0.25, -0.2) is 8.60 Å². The fourth-order valence-electron chi connectivity index (χ4n) is 3.01. The van der Waals surface area contributed by atoms with E-state index in [1.54, 1.807) is 5.41 Å². The number of hydrogen-bond acceptors (Lipinski definition) is 4. The van der Waals surface area contributed by atoms with Crippen molar-refractivity contribution in [2.24, 2.45) is 0 Å². The summed E-state index contributed by atoms with van der Waals surface area (Å²) in [6.07, 6.45) is 0.00482. The van der Waals surface area contributed by atoms with Crippen LogP contribution >= 0.6 is 0 Å². The maximum atomic E-state index is 14.2. The number of fused-ring (bicyclic) bond motifs is 1. The molecule has 0 amide bonds. The number of nitrogens with zero attached hydrogens (tertiary/aromatic N) is 2. The zero-order chi connectivity index (χ0) is 15.7. The molecule has 1 aromatic rings. The highest BCUT2D eigenvalue weighted by molar-refractivity contribution is 7.88. The molecule has 0 bridgehead atoms. The van der Waals surface area contributed by atoms with Crippen LogP contribution in [0.4, 0.5) is 10.1 Å². The molecule has 6 heteroatoms. The average Bonchev–Trinajstić information content (AvgIpc) is 2.80. The highest BCUT2D eigenvalue weighted by atomic mass is 32.2. The number of alkyl halides is 1. The lowest BCUT2D eigenvalue weighted by Gasteiger charge is -2.33. The molecule has 116 valence electrons. The lowest BCUT2D eigenvalue weighted by Crippen LogP contribution is -2.46. The third-order valence-electron chi connectivity index (χ3n) is 4.17. The van der Waals surface area contributed by atoms with Crippen LogP contribution in [0.1, 0.15) is 18.4 Å². The van der Waals surface area contributed by atoms with Crippen LogP contribution in [0.2, 0.25) is 0 Å². The minimum atomic E-state index is -1.27. The largest absolute Gasteiger partial charge is 0.378 e. The van der Waals surface area contributed by atoms with Gasteiger partial charge in [-0.2, -0.15) is 5.26 Å². The SMILES string of the molecule is CN1CC[C@@H](Nc2cccc3c2S(=O)C=C3CC#N)[C@H](F)C1. The van der Waals surface area contributed by atoms with Crippen LogP contribution in [-0.4, -0.2) is 41.5 Å². The highest BCUT2D eigenvalue weighted by Gasteiger charge is 2.30. The first-order valence-corrected chi connectivity index (χ1v) is 8.52. The Bertz CT molecular complexity index is 682. The van der Waals surface area contributed by atoms with Gasteiger partial charge in [-0.1, -0.05) is 12.1 Å². The number of likely N-dealkylation sites (tertiary alicyclic amines) is 1. The quantitative estimate of drug-likeness (QED) is 0.930. The topological polar surface area (TPSA) is 56.1 Å². The van der Waals surface area contributed by atoms with Gasteiger partial charge in [0, 0.05) is 18.5 Å². The minimum Gasteiger partial charge on any atom is -0.378 e. The van der Waals surface area contributed by atoms with Gasteiger partial charge in [-0.05, 0) is 30.7 Å². The Morgan fingerprint density at radius 1 is 1.55 bits per heavy atom. The molecule has 4 nitrogen and oxygen atoms in total. The molecule has 0 aliphatic carbocycles. The first-order chi connectivity index (χ1) is 10.6. The van der Waals surface area contributed by atoms with Gasteiger partial charge in [0.05, 0.1) is 39.9 Å². The molecule has 2 aliphatic rings. The second-order valence-electron chi connectivity index (χ2n) is 5.78. The Hall–Kier alpha value is -1.71. The number of halogens is 1. The van der Waals surface area contributed by atoms with E-state index >= 15 is 0 Å². The summed E-state index contributed by atoms with van der Waals surface area (Å²) >= 11 is 0. The fourth-order valence-corrected chi connectivity index (χ4v) is 4.36. The molecular weight excluding hydrogens is 301 g/mol. The van der Waals surface area contributed by atoms with Crippen LogP contribution in [0.5, 0.6) is 0 Å². The summed E-state index contributed by atoms with van der Waals surface area (Å²) in [6.45, 7) is 1.25. The van der Waals surface area contributed by atoms with Crippen molar-refractivity contribution in [1.29, 1.82) is 5.26 Å². The van der Waals surface area contributed by atoms with E-state index in [2.05, 4.69) is 11.4 Å². The summed E-state index contributed by atoms with van der Waals surface area (Å²) in [7, 11) is 0.641. The van der Waals surface area contributed by atoms with Crippen LogP contribution in [0.25, 0.3) is 5.57 Å². The Kier molecular flexibility index (Phi) is 4.27. The van der Waals surface area contributed by atoms with Crippen LogP contribution in [0.15, 0.2) is 28.5 Å². The third kappa shape index (κ3) is 2.79. The van der Waals surface area contributed by atoms with Crippen molar-refractivity contribution in [2.45, 2.75) is 30.0 Å². The second-order valence-corrected chi connectivity index (χ2v) is 7.01. The molecule has 1 N–H and O–H groups in total. The van der Waals surface area contributed by atoms with Crippen LogP contribution in [0.3, 0.4) is 0 Å². The van der Waals surface area contributed by atoms with E-state index in [9.17, 15) is 8.60 Å². The predicted molar refractivity (Wildman–Crippen MR) is 85.5 cm³/mol. The molecule has 1 saturated heterocycles. The fraction of sp³-hybridized carbons (Fsp3) is 0.438. The molecule has 1 unspecified atom stereocenters. The van der Waals surface area contributed by atoms with E-state index in [4.69, 9.17) is 5.26 Å². The van der Waals surface area contributed by atoms with Crippen molar-refractivity contribution in [3.05, 3.63) is 29.2 Å². The molecule has 0 aromatic heterocycles. The monoisotopic (exact) mass is 319 g/mol. The molecule has 0 saturated carbocycles. The number of nitrogens with one attached hydrogen (secondary N) is 1. The van der Waals surface area contributed by atoms with Crippen molar-refractivity contribution in [3.8, 4) is 6.07 Å². The van der Waals surface area contributed by atoms with Gasteiger partial charge in [0.2, 0.25) is 0 Å². The highest BCUT2D eigenvalue weighted by Crippen LogP contribution is 2.38. The van der Waals surface area contributed by atoms with Crippen molar-refractivity contribution in [1.82, 2.24) is 4.90 Å². The molecule has 2 aliphatic heterocycles. The van der Waals surface area contributed by atoms with E-state index in [0.29, 0.717) is 17.9 Å². The van der Waals surface area contributed by atoms with Crippen LogP contribution in [-0.2, 0) is 10.8 Å². The molecule has 1 aromatic carbocycles. The van der Waals surface area contributed by atoms with Gasteiger partial charge in [0.25, 0.3) is 0 Å². The van der Waals surface area contributed by atoms with Crippen molar-refractivity contribution in [2.75, 3.05) is 25.5 Å². The molecule has 3 atom stereocenters. The number of anilines is 1. The summed E-state index contributed by atoms with van der Waals surface area (Å²) in [6, 6.07) is 7.40. The van der Waals surface area contributed by atoms with Crippen molar-refractivity contribution < 1.29 is 8.60 Å². The van der Waals surface area contributed by atoms with E-state index in [-0.39, 0.29) is 12.5 Å². The maximum absolute atomic E-state index is 14.2. The Morgan fingerprint density at radius 2 is 2.36 bits per heavy atom. The van der Waals surface area contributed by atoms with E-state index < -0.39 is 17.0 Å². The van der Waals surface area contributed by atoms with Gasteiger partial charge in [-0.3, -0.25) is 0 Å². The Labute approximate surface area is 132 Å². The smallest absolute Gasteiger partial charge is 0.133 e. The van der Waals surface area contributed by atoms with Crippen LogP contribution < -0.4 is 5.32 Å². The number of rotatable bonds is 3. The number of allylic oxidation sites excluding steroid dienone is 1. The van der Waals surface area contributed by atoms with Gasteiger partial charge >= 0.3 is 0 Å². The van der Waals surface area contributed by atoms with Gasteiger partial charge in [-0.15, -0.1) is 0 Å². The first-order valence-electron chi connectivity index (χ1n) is 7.31. The minimum absolute atomic E-state index is 0.238. The average molecular weight is 319 g/mol. The number of benzene rings is 1. The number of hydrogen-bond donors (Lipinski definition) is 1. The summed E-state index contributed by atoms with van der Waals surface area (Å²) in [5.41, 5.74) is 2.35. The van der Waals surface area contributed by atoms with E-state index in [0.717, 1.165) is 23.4 Å².